The monoisotopic (exact) mass is 237 g/mol. The molecule has 0 saturated heterocycles. The first-order valence-corrected chi connectivity index (χ1v) is 6.12. The van der Waals surface area contributed by atoms with E-state index in [2.05, 4.69) is 10.3 Å². The number of nitrogens with one attached hydrogen (secondary N) is 1. The van der Waals surface area contributed by atoms with Crippen molar-refractivity contribution in [1.82, 2.24) is 4.98 Å². The summed E-state index contributed by atoms with van der Waals surface area (Å²) in [6, 6.07) is 5.94. The molecule has 4 nitrogen and oxygen atoms in total. The number of rotatable bonds is 5. The lowest BCUT2D eigenvalue weighted by molar-refractivity contribution is 0.341. The summed E-state index contributed by atoms with van der Waals surface area (Å²) in [6.07, 6.45) is 0. The zero-order chi connectivity index (χ0) is 11.4. The van der Waals surface area contributed by atoms with Crippen LogP contribution in [0.15, 0.2) is 18.2 Å². The third kappa shape index (κ3) is 2.43. The highest BCUT2D eigenvalue weighted by molar-refractivity contribution is 7.22. The largest absolute Gasteiger partial charge is 0.494 e. The molecule has 1 aromatic heterocycles. The quantitative estimate of drug-likeness (QED) is 0.835. The first kappa shape index (κ1) is 11.2. The van der Waals surface area contributed by atoms with E-state index < -0.39 is 0 Å². The molecular weight excluding hydrogens is 222 g/mol. The van der Waals surface area contributed by atoms with E-state index in [0.29, 0.717) is 13.2 Å². The average molecular weight is 237 g/mol. The molecule has 0 fully saturated rings. The number of aromatic nitrogens is 1. The van der Waals surface area contributed by atoms with E-state index in [1.165, 1.54) is 0 Å². The smallest absolute Gasteiger partial charge is 0.183 e. The Morgan fingerprint density at radius 3 is 3.12 bits per heavy atom. The number of fused-ring (bicyclic) bond motifs is 1. The highest BCUT2D eigenvalue weighted by Gasteiger charge is 2.04. The van der Waals surface area contributed by atoms with Crippen molar-refractivity contribution >= 4 is 26.7 Å². The predicted octanol–water partition coefficient (Wildman–Crippen LogP) is 2.07. The van der Waals surface area contributed by atoms with E-state index in [-0.39, 0.29) is 0 Å². The maximum Gasteiger partial charge on any atom is 0.183 e. The molecule has 5 heteroatoms. The zero-order valence-electron chi connectivity index (χ0n) is 9.19. The first-order valence-electron chi connectivity index (χ1n) is 5.31. The third-order valence-electron chi connectivity index (χ3n) is 2.09. The minimum absolute atomic E-state index is 0.611. The van der Waals surface area contributed by atoms with Crippen LogP contribution in [0.5, 0.6) is 5.75 Å². The number of nitrogens with zero attached hydrogens (tertiary/aromatic N) is 1. The van der Waals surface area contributed by atoms with Crippen molar-refractivity contribution in [1.29, 1.82) is 0 Å². The predicted molar refractivity (Wildman–Crippen MR) is 68.3 cm³/mol. The van der Waals surface area contributed by atoms with Gasteiger partial charge < -0.3 is 15.8 Å². The lowest BCUT2D eigenvalue weighted by atomic mass is 10.3. The van der Waals surface area contributed by atoms with Crippen molar-refractivity contribution in [3.8, 4) is 5.75 Å². The van der Waals surface area contributed by atoms with Crippen LogP contribution in [0, 0.1) is 0 Å². The summed E-state index contributed by atoms with van der Waals surface area (Å²) in [7, 11) is 0. The van der Waals surface area contributed by atoms with Crippen molar-refractivity contribution in [2.24, 2.45) is 5.73 Å². The van der Waals surface area contributed by atoms with Gasteiger partial charge in [0.05, 0.1) is 16.8 Å². The third-order valence-corrected chi connectivity index (χ3v) is 3.07. The molecule has 2 rings (SSSR count). The maximum absolute atomic E-state index is 5.44. The number of hydrogen-bond acceptors (Lipinski definition) is 5. The van der Waals surface area contributed by atoms with Crippen LogP contribution in [-0.2, 0) is 0 Å². The van der Waals surface area contributed by atoms with Gasteiger partial charge in [0.15, 0.2) is 5.13 Å². The number of nitrogens with two attached hydrogens (primary N) is 1. The van der Waals surface area contributed by atoms with E-state index in [0.717, 1.165) is 27.6 Å². The number of hydrogen-bond donors (Lipinski definition) is 2. The molecule has 0 aliphatic carbocycles. The molecule has 0 aliphatic heterocycles. The Bertz CT molecular complexity index is 469. The van der Waals surface area contributed by atoms with Crippen molar-refractivity contribution < 1.29 is 4.74 Å². The lowest BCUT2D eigenvalue weighted by Crippen LogP contribution is -2.12. The minimum Gasteiger partial charge on any atom is -0.494 e. The van der Waals surface area contributed by atoms with Gasteiger partial charge in [-0.2, -0.15) is 0 Å². The number of thiazole rings is 1. The van der Waals surface area contributed by atoms with Gasteiger partial charge in [-0.3, -0.25) is 0 Å². The van der Waals surface area contributed by atoms with Gasteiger partial charge in [-0.1, -0.05) is 11.3 Å². The van der Waals surface area contributed by atoms with Gasteiger partial charge in [0.2, 0.25) is 0 Å². The average Bonchev–Trinajstić information content (AvgIpc) is 2.68. The van der Waals surface area contributed by atoms with Crippen LogP contribution < -0.4 is 15.8 Å². The summed E-state index contributed by atoms with van der Waals surface area (Å²) in [4.78, 5) is 4.45. The molecule has 3 N–H and O–H groups in total. The number of benzene rings is 1. The molecule has 0 radical (unpaired) electrons. The molecular formula is C11H15N3OS. The Hall–Kier alpha value is -1.33. The number of anilines is 1. The van der Waals surface area contributed by atoms with Crippen LogP contribution in [-0.4, -0.2) is 24.7 Å². The molecule has 0 saturated carbocycles. The Morgan fingerprint density at radius 2 is 2.38 bits per heavy atom. The molecule has 0 bridgehead atoms. The second-order valence-electron chi connectivity index (χ2n) is 3.30. The highest BCUT2D eigenvalue weighted by atomic mass is 32.1. The Balaban J connectivity index is 2.23. The normalized spacial score (nSPS) is 10.6. The van der Waals surface area contributed by atoms with E-state index >= 15 is 0 Å². The first-order chi connectivity index (χ1) is 7.83. The summed E-state index contributed by atoms with van der Waals surface area (Å²) < 4.78 is 6.57. The summed E-state index contributed by atoms with van der Waals surface area (Å²) in [5.41, 5.74) is 6.42. The van der Waals surface area contributed by atoms with Crippen LogP contribution in [0.2, 0.25) is 0 Å². The van der Waals surface area contributed by atoms with Crippen LogP contribution in [0.4, 0.5) is 5.13 Å². The van der Waals surface area contributed by atoms with Gasteiger partial charge in [-0.25, -0.2) is 4.98 Å². The van der Waals surface area contributed by atoms with Crippen molar-refractivity contribution in [2.45, 2.75) is 6.92 Å². The van der Waals surface area contributed by atoms with Crippen LogP contribution >= 0.6 is 11.3 Å². The standard InChI is InChI=1S/C11H15N3OS/c1-2-15-8-3-4-9-10(7-8)16-11(14-9)13-6-5-12/h3-4,7H,2,5-6,12H2,1H3,(H,13,14). The van der Waals surface area contributed by atoms with Gasteiger partial charge in [0, 0.05) is 13.1 Å². The molecule has 16 heavy (non-hydrogen) atoms. The van der Waals surface area contributed by atoms with E-state index in [9.17, 15) is 0 Å². The fourth-order valence-electron chi connectivity index (χ4n) is 1.42. The van der Waals surface area contributed by atoms with Crippen molar-refractivity contribution in [2.75, 3.05) is 25.0 Å². The summed E-state index contributed by atoms with van der Waals surface area (Å²) in [6.45, 7) is 4.02. The summed E-state index contributed by atoms with van der Waals surface area (Å²) in [5.74, 6) is 0.893. The molecule has 0 spiro atoms. The van der Waals surface area contributed by atoms with Gasteiger partial charge in [0.25, 0.3) is 0 Å². The molecule has 1 heterocycles. The van der Waals surface area contributed by atoms with Gasteiger partial charge in [-0.15, -0.1) is 0 Å². The van der Waals surface area contributed by atoms with Gasteiger partial charge in [-0.05, 0) is 25.1 Å². The topological polar surface area (TPSA) is 60.2 Å². The van der Waals surface area contributed by atoms with Crippen molar-refractivity contribution in [3.63, 3.8) is 0 Å². The van der Waals surface area contributed by atoms with Crippen molar-refractivity contribution in [3.05, 3.63) is 18.2 Å². The Morgan fingerprint density at radius 1 is 1.50 bits per heavy atom. The maximum atomic E-state index is 5.44. The lowest BCUT2D eigenvalue weighted by Gasteiger charge is -2.00. The Kier molecular flexibility index (Phi) is 3.58. The van der Waals surface area contributed by atoms with E-state index in [1.807, 2.05) is 25.1 Å². The zero-order valence-corrected chi connectivity index (χ0v) is 10.0. The number of ether oxygens (including phenoxy) is 1. The molecule has 0 atom stereocenters. The Labute approximate surface area is 98.4 Å². The highest BCUT2D eigenvalue weighted by Crippen LogP contribution is 2.28. The van der Waals surface area contributed by atoms with Gasteiger partial charge in [0.1, 0.15) is 5.75 Å². The molecule has 1 aromatic carbocycles. The fourth-order valence-corrected chi connectivity index (χ4v) is 2.34. The summed E-state index contributed by atoms with van der Waals surface area (Å²) in [5, 5.41) is 4.09. The molecule has 0 aliphatic rings. The van der Waals surface area contributed by atoms with E-state index in [1.54, 1.807) is 11.3 Å². The van der Waals surface area contributed by atoms with Crippen LogP contribution in [0.1, 0.15) is 6.92 Å². The fraction of sp³-hybridized carbons (Fsp3) is 0.364. The summed E-state index contributed by atoms with van der Waals surface area (Å²) >= 11 is 1.62. The second-order valence-corrected chi connectivity index (χ2v) is 4.33. The van der Waals surface area contributed by atoms with Gasteiger partial charge >= 0.3 is 0 Å². The minimum atomic E-state index is 0.611. The van der Waals surface area contributed by atoms with Crippen LogP contribution in [0.3, 0.4) is 0 Å². The SMILES string of the molecule is CCOc1ccc2nc(NCCN)sc2c1. The molecule has 0 unspecified atom stereocenters. The second kappa shape index (κ2) is 5.14. The molecule has 2 aromatic rings. The van der Waals surface area contributed by atoms with Crippen LogP contribution in [0.25, 0.3) is 10.2 Å². The molecule has 0 amide bonds. The van der Waals surface area contributed by atoms with E-state index in [4.69, 9.17) is 10.5 Å². The molecule has 86 valence electrons.